The molecule has 29 heavy (non-hydrogen) atoms. The highest BCUT2D eigenvalue weighted by Gasteiger charge is 2.28. The highest BCUT2D eigenvalue weighted by atomic mass is 19.1. The van der Waals surface area contributed by atoms with Crippen molar-refractivity contribution in [1.82, 2.24) is 14.3 Å². The summed E-state index contributed by atoms with van der Waals surface area (Å²) in [4.78, 5) is 31.7. The third kappa shape index (κ3) is 3.57. The molecule has 150 valence electrons. The second-order valence-corrected chi connectivity index (χ2v) is 7.27. The van der Waals surface area contributed by atoms with Gasteiger partial charge >= 0.3 is 0 Å². The number of anilines is 1. The monoisotopic (exact) mass is 398 g/mol. The Balaban J connectivity index is 1.69. The Morgan fingerprint density at radius 1 is 1.07 bits per heavy atom. The molecule has 3 heterocycles. The first-order valence-corrected chi connectivity index (χ1v) is 9.47. The predicted molar refractivity (Wildman–Crippen MR) is 104 cm³/mol. The van der Waals surface area contributed by atoms with Crippen LogP contribution in [0.4, 0.5) is 14.5 Å². The summed E-state index contributed by atoms with van der Waals surface area (Å²) in [5.74, 6) is -2.16. The Morgan fingerprint density at radius 2 is 1.76 bits per heavy atom. The van der Waals surface area contributed by atoms with Crippen molar-refractivity contribution in [3.05, 3.63) is 65.7 Å². The van der Waals surface area contributed by atoms with Crippen molar-refractivity contribution in [2.45, 2.75) is 19.8 Å². The summed E-state index contributed by atoms with van der Waals surface area (Å²) in [7, 11) is 0. The third-order valence-corrected chi connectivity index (χ3v) is 5.23. The lowest BCUT2D eigenvalue weighted by atomic mass is 9.99. The van der Waals surface area contributed by atoms with Crippen LogP contribution in [-0.2, 0) is 0 Å². The zero-order valence-electron chi connectivity index (χ0n) is 15.9. The second-order valence-electron chi connectivity index (χ2n) is 7.27. The number of amides is 2. The van der Waals surface area contributed by atoms with E-state index >= 15 is 0 Å². The fourth-order valence-electron chi connectivity index (χ4n) is 3.50. The van der Waals surface area contributed by atoms with Gasteiger partial charge in [-0.15, -0.1) is 0 Å². The van der Waals surface area contributed by atoms with Gasteiger partial charge in [-0.05, 0) is 43.0 Å². The van der Waals surface area contributed by atoms with E-state index in [0.717, 1.165) is 25.0 Å². The normalized spacial score (nSPS) is 14.9. The number of nitrogens with one attached hydrogen (secondary N) is 1. The van der Waals surface area contributed by atoms with Crippen molar-refractivity contribution in [2.75, 3.05) is 18.4 Å². The zero-order chi connectivity index (χ0) is 20.5. The molecule has 4 rings (SSSR count). The maximum absolute atomic E-state index is 13.9. The van der Waals surface area contributed by atoms with Crippen LogP contribution in [0.3, 0.4) is 0 Å². The van der Waals surface area contributed by atoms with E-state index in [1.807, 2.05) is 0 Å². The molecule has 0 atom stereocenters. The fourth-order valence-corrected chi connectivity index (χ4v) is 3.50. The summed E-state index contributed by atoms with van der Waals surface area (Å²) in [6, 6.07) is 8.38. The van der Waals surface area contributed by atoms with Crippen molar-refractivity contribution in [3.8, 4) is 0 Å². The first-order chi connectivity index (χ1) is 14.0. The number of rotatable bonds is 3. The number of carbonyl (C=O) groups excluding carboxylic acids is 2. The average molecular weight is 398 g/mol. The van der Waals surface area contributed by atoms with Crippen molar-refractivity contribution in [1.29, 1.82) is 0 Å². The molecule has 2 amide bonds. The predicted octanol–water partition coefficient (Wildman–Crippen LogP) is 3.74. The number of aromatic nitrogens is 2. The van der Waals surface area contributed by atoms with E-state index in [-0.39, 0.29) is 17.4 Å². The molecule has 1 N–H and O–H groups in total. The standard InChI is InChI=1S/C21H20F2N4O2/c1-13-8-11-26(12-9-13)21(29)19-24-18(16-7-2-3-10-27(16)19)20(28)25-17-14(22)5-4-6-15(17)23/h2-7,10,13H,8-9,11-12H2,1H3,(H,25,28). The van der Waals surface area contributed by atoms with E-state index in [9.17, 15) is 18.4 Å². The Bertz CT molecular complexity index is 1070. The fraction of sp³-hybridized carbons (Fsp3) is 0.286. The molecule has 0 spiro atoms. The number of pyridine rings is 1. The Morgan fingerprint density at radius 3 is 2.45 bits per heavy atom. The van der Waals surface area contributed by atoms with E-state index < -0.39 is 23.2 Å². The Hall–Kier alpha value is -3.29. The first kappa shape index (κ1) is 19.0. The maximum atomic E-state index is 13.9. The molecule has 1 aliphatic rings. The van der Waals surface area contributed by atoms with Gasteiger partial charge in [0.25, 0.3) is 11.8 Å². The summed E-state index contributed by atoms with van der Waals surface area (Å²) in [5, 5.41) is 2.23. The highest BCUT2D eigenvalue weighted by molar-refractivity contribution is 6.09. The number of fused-ring (bicyclic) bond motifs is 1. The van der Waals surface area contributed by atoms with Gasteiger partial charge in [0.2, 0.25) is 5.82 Å². The number of carbonyl (C=O) groups is 2. The molecule has 0 radical (unpaired) electrons. The SMILES string of the molecule is CC1CCN(C(=O)c2nc(C(=O)Nc3c(F)cccc3F)c3ccccn23)CC1. The van der Waals surface area contributed by atoms with Crippen molar-refractivity contribution < 1.29 is 18.4 Å². The van der Waals surface area contributed by atoms with Crippen molar-refractivity contribution >= 4 is 23.0 Å². The number of hydrogen-bond acceptors (Lipinski definition) is 3. The molecule has 0 aliphatic carbocycles. The van der Waals surface area contributed by atoms with Gasteiger partial charge < -0.3 is 10.2 Å². The van der Waals surface area contributed by atoms with Crippen molar-refractivity contribution in [2.24, 2.45) is 5.92 Å². The number of para-hydroxylation sites is 1. The average Bonchev–Trinajstić information content (AvgIpc) is 3.11. The van der Waals surface area contributed by atoms with Crippen LogP contribution in [0, 0.1) is 17.6 Å². The van der Waals surface area contributed by atoms with E-state index in [1.54, 1.807) is 29.3 Å². The second kappa shape index (κ2) is 7.62. The number of hydrogen-bond donors (Lipinski definition) is 1. The van der Waals surface area contributed by atoms with Gasteiger partial charge in [-0.3, -0.25) is 14.0 Å². The summed E-state index contributed by atoms with van der Waals surface area (Å²) < 4.78 is 29.3. The van der Waals surface area contributed by atoms with Gasteiger partial charge in [-0.2, -0.15) is 0 Å². The quantitative estimate of drug-likeness (QED) is 0.731. The van der Waals surface area contributed by atoms with Gasteiger partial charge in [-0.1, -0.05) is 19.1 Å². The number of piperidine rings is 1. The summed E-state index contributed by atoms with van der Waals surface area (Å²) in [6.45, 7) is 3.41. The van der Waals surface area contributed by atoms with Crippen LogP contribution in [0.2, 0.25) is 0 Å². The summed E-state index contributed by atoms with van der Waals surface area (Å²) in [6.07, 6.45) is 3.46. The molecule has 6 nitrogen and oxygen atoms in total. The minimum atomic E-state index is -0.888. The van der Waals surface area contributed by atoms with Gasteiger partial charge in [0.15, 0.2) is 5.69 Å². The minimum Gasteiger partial charge on any atom is -0.336 e. The number of nitrogens with zero attached hydrogens (tertiary/aromatic N) is 3. The lowest BCUT2D eigenvalue weighted by Crippen LogP contribution is -2.38. The number of halogens is 2. The van der Waals surface area contributed by atoms with Crippen LogP contribution in [0.1, 0.15) is 40.9 Å². The number of benzene rings is 1. The van der Waals surface area contributed by atoms with Crippen LogP contribution in [0.25, 0.3) is 5.52 Å². The van der Waals surface area contributed by atoms with Crippen LogP contribution >= 0.6 is 0 Å². The lowest BCUT2D eigenvalue weighted by Gasteiger charge is -2.29. The van der Waals surface area contributed by atoms with Crippen molar-refractivity contribution in [3.63, 3.8) is 0 Å². The molecule has 3 aromatic rings. The Kier molecular flexibility index (Phi) is 5.00. The van der Waals surface area contributed by atoms with Crippen LogP contribution in [-0.4, -0.2) is 39.2 Å². The molecule has 0 bridgehead atoms. The molecule has 1 aromatic carbocycles. The van der Waals surface area contributed by atoms with E-state index in [2.05, 4.69) is 17.2 Å². The molecule has 1 fully saturated rings. The molecular weight excluding hydrogens is 378 g/mol. The van der Waals surface area contributed by atoms with Crippen LogP contribution in [0.5, 0.6) is 0 Å². The van der Waals surface area contributed by atoms with E-state index in [4.69, 9.17) is 0 Å². The molecule has 1 saturated heterocycles. The summed E-state index contributed by atoms with van der Waals surface area (Å²) >= 11 is 0. The van der Waals surface area contributed by atoms with E-state index in [0.29, 0.717) is 24.5 Å². The van der Waals surface area contributed by atoms with Crippen LogP contribution in [0.15, 0.2) is 42.6 Å². The van der Waals surface area contributed by atoms with Gasteiger partial charge in [0.1, 0.15) is 17.3 Å². The summed E-state index contributed by atoms with van der Waals surface area (Å²) in [5.41, 5.74) is -0.232. The smallest absolute Gasteiger partial charge is 0.290 e. The topological polar surface area (TPSA) is 66.7 Å². The minimum absolute atomic E-state index is 0.0676. The van der Waals surface area contributed by atoms with Gasteiger partial charge in [0.05, 0.1) is 5.52 Å². The molecule has 2 aromatic heterocycles. The largest absolute Gasteiger partial charge is 0.336 e. The number of likely N-dealkylation sites (tertiary alicyclic amines) is 1. The third-order valence-electron chi connectivity index (χ3n) is 5.23. The molecule has 0 saturated carbocycles. The van der Waals surface area contributed by atoms with Gasteiger partial charge in [0, 0.05) is 19.3 Å². The Labute approximate surface area is 166 Å². The zero-order valence-corrected chi connectivity index (χ0v) is 15.9. The first-order valence-electron chi connectivity index (χ1n) is 9.47. The molecule has 0 unspecified atom stereocenters. The highest BCUT2D eigenvalue weighted by Crippen LogP contribution is 2.22. The maximum Gasteiger partial charge on any atom is 0.290 e. The molecule has 1 aliphatic heterocycles. The number of imidazole rings is 1. The lowest BCUT2D eigenvalue weighted by molar-refractivity contribution is 0.0684. The molecule has 8 heteroatoms. The molecular formula is C21H20F2N4O2. The van der Waals surface area contributed by atoms with E-state index in [1.165, 1.54) is 10.5 Å². The van der Waals surface area contributed by atoms with Crippen LogP contribution < -0.4 is 5.32 Å². The van der Waals surface area contributed by atoms with Gasteiger partial charge in [-0.25, -0.2) is 13.8 Å².